The Labute approximate surface area is 144 Å². The van der Waals surface area contributed by atoms with Gasteiger partial charge in [0, 0.05) is 30.8 Å². The van der Waals surface area contributed by atoms with E-state index in [2.05, 4.69) is 16.3 Å². The van der Waals surface area contributed by atoms with Crippen LogP contribution in [-0.4, -0.2) is 42.9 Å². The third kappa shape index (κ3) is 4.48. The largest absolute Gasteiger partial charge is 0.444 e. The van der Waals surface area contributed by atoms with E-state index in [1.54, 1.807) is 0 Å². The Morgan fingerprint density at radius 2 is 2.21 bits per heavy atom. The molecule has 0 radical (unpaired) electrons. The molecule has 2 heterocycles. The molecule has 1 N–H and O–H groups in total. The summed E-state index contributed by atoms with van der Waals surface area (Å²) in [5.41, 5.74) is 1.88. The van der Waals surface area contributed by atoms with E-state index in [-0.39, 0.29) is 0 Å². The first kappa shape index (κ1) is 17.2. The van der Waals surface area contributed by atoms with E-state index in [0.717, 1.165) is 38.5 Å². The van der Waals surface area contributed by atoms with Crippen LogP contribution in [0.15, 0.2) is 24.3 Å². The molecule has 132 valence electrons. The number of ether oxygens (including phenoxy) is 2. The fourth-order valence-electron chi connectivity index (χ4n) is 3.56. The van der Waals surface area contributed by atoms with Crippen molar-refractivity contribution in [3.63, 3.8) is 0 Å². The lowest BCUT2D eigenvalue weighted by Gasteiger charge is -2.22. The van der Waals surface area contributed by atoms with Crippen molar-refractivity contribution in [3.8, 4) is 0 Å². The quantitative estimate of drug-likeness (QED) is 0.918. The van der Waals surface area contributed by atoms with Crippen LogP contribution >= 0.6 is 0 Å². The molecule has 24 heavy (non-hydrogen) atoms. The number of carbonyl (C=O) groups is 1. The van der Waals surface area contributed by atoms with Crippen LogP contribution in [0.4, 0.5) is 10.5 Å². The molecule has 1 atom stereocenters. The minimum atomic E-state index is -0.491. The Morgan fingerprint density at radius 1 is 1.38 bits per heavy atom. The van der Waals surface area contributed by atoms with Crippen molar-refractivity contribution in [1.29, 1.82) is 0 Å². The number of rotatable bonds is 3. The maximum Gasteiger partial charge on any atom is 0.412 e. The molecule has 2 fully saturated rings. The average molecular weight is 332 g/mol. The SMILES string of the molecule is CC(C)(C)OC(=O)Nc1cccc(CN2CCC3(CCOC3)C2)c1. The van der Waals surface area contributed by atoms with Crippen LogP contribution in [0.25, 0.3) is 0 Å². The van der Waals surface area contributed by atoms with Crippen molar-refractivity contribution in [2.75, 3.05) is 31.6 Å². The van der Waals surface area contributed by atoms with Crippen LogP contribution in [0.5, 0.6) is 0 Å². The standard InChI is InChI=1S/C19H28N2O3/c1-18(2,3)24-17(22)20-16-6-4-5-15(11-16)12-21-9-7-19(13-21)8-10-23-14-19/h4-6,11H,7-10,12-14H2,1-3H3,(H,20,22). The Hall–Kier alpha value is -1.59. The van der Waals surface area contributed by atoms with Crippen molar-refractivity contribution in [3.05, 3.63) is 29.8 Å². The Morgan fingerprint density at radius 3 is 2.92 bits per heavy atom. The van der Waals surface area contributed by atoms with Crippen molar-refractivity contribution in [2.45, 2.75) is 45.8 Å². The van der Waals surface area contributed by atoms with Gasteiger partial charge in [-0.15, -0.1) is 0 Å². The normalized spacial score (nSPS) is 24.5. The second kappa shape index (κ2) is 6.73. The van der Waals surface area contributed by atoms with Gasteiger partial charge in [-0.05, 0) is 57.9 Å². The van der Waals surface area contributed by atoms with E-state index < -0.39 is 11.7 Å². The molecule has 2 saturated heterocycles. The Kier molecular flexibility index (Phi) is 4.83. The van der Waals surface area contributed by atoms with Crippen molar-refractivity contribution in [1.82, 2.24) is 4.90 Å². The molecule has 2 aliphatic rings. The highest BCUT2D eigenvalue weighted by atomic mass is 16.6. The van der Waals surface area contributed by atoms with Gasteiger partial charge in [-0.3, -0.25) is 10.2 Å². The first-order valence-corrected chi connectivity index (χ1v) is 8.73. The summed E-state index contributed by atoms with van der Waals surface area (Å²) in [5.74, 6) is 0. The van der Waals surface area contributed by atoms with Gasteiger partial charge in [0.15, 0.2) is 0 Å². The van der Waals surface area contributed by atoms with Gasteiger partial charge in [0.05, 0.1) is 6.61 Å². The zero-order chi connectivity index (χ0) is 17.2. The van der Waals surface area contributed by atoms with Gasteiger partial charge in [0.1, 0.15) is 5.60 Å². The predicted octanol–water partition coefficient (Wildman–Crippen LogP) is 3.65. The molecule has 0 bridgehead atoms. The summed E-state index contributed by atoms with van der Waals surface area (Å²) >= 11 is 0. The summed E-state index contributed by atoms with van der Waals surface area (Å²) in [6.07, 6.45) is 2.00. The lowest BCUT2D eigenvalue weighted by atomic mass is 9.87. The second-order valence-corrected chi connectivity index (χ2v) is 8.09. The topological polar surface area (TPSA) is 50.8 Å². The number of nitrogens with one attached hydrogen (secondary N) is 1. The van der Waals surface area contributed by atoms with Crippen molar-refractivity contribution < 1.29 is 14.3 Å². The van der Waals surface area contributed by atoms with Gasteiger partial charge in [-0.25, -0.2) is 4.79 Å². The molecule has 1 aromatic carbocycles. The molecular formula is C19H28N2O3. The number of nitrogens with zero attached hydrogens (tertiary/aromatic N) is 1. The highest BCUT2D eigenvalue weighted by Gasteiger charge is 2.40. The Bertz CT molecular complexity index is 589. The van der Waals surface area contributed by atoms with E-state index >= 15 is 0 Å². The number of amides is 1. The third-order valence-electron chi connectivity index (χ3n) is 4.68. The van der Waals surface area contributed by atoms with Crippen LogP contribution in [0.3, 0.4) is 0 Å². The molecule has 0 aliphatic carbocycles. The highest BCUT2D eigenvalue weighted by molar-refractivity contribution is 5.84. The fourth-order valence-corrected chi connectivity index (χ4v) is 3.56. The molecule has 3 rings (SSSR count). The number of benzene rings is 1. The van der Waals surface area contributed by atoms with E-state index in [4.69, 9.17) is 9.47 Å². The van der Waals surface area contributed by atoms with Gasteiger partial charge in [0.25, 0.3) is 0 Å². The van der Waals surface area contributed by atoms with Gasteiger partial charge < -0.3 is 9.47 Å². The summed E-state index contributed by atoms with van der Waals surface area (Å²) in [5, 5.41) is 2.81. The van der Waals surface area contributed by atoms with Crippen LogP contribution in [-0.2, 0) is 16.0 Å². The maximum atomic E-state index is 11.9. The first-order chi connectivity index (χ1) is 11.3. The van der Waals surface area contributed by atoms with Gasteiger partial charge in [-0.2, -0.15) is 0 Å². The van der Waals surface area contributed by atoms with Crippen LogP contribution in [0.1, 0.15) is 39.2 Å². The van der Waals surface area contributed by atoms with Gasteiger partial charge in [-0.1, -0.05) is 12.1 Å². The smallest absolute Gasteiger partial charge is 0.412 e. The van der Waals surface area contributed by atoms with Gasteiger partial charge >= 0.3 is 6.09 Å². The summed E-state index contributed by atoms with van der Waals surface area (Å²) < 4.78 is 10.9. The molecule has 1 amide bonds. The van der Waals surface area contributed by atoms with Gasteiger partial charge in [0.2, 0.25) is 0 Å². The molecule has 0 aromatic heterocycles. The molecule has 1 unspecified atom stereocenters. The van der Waals surface area contributed by atoms with E-state index in [1.165, 1.54) is 18.4 Å². The van der Waals surface area contributed by atoms with Crippen molar-refractivity contribution >= 4 is 11.8 Å². The summed E-state index contributed by atoms with van der Waals surface area (Å²) in [6.45, 7) is 10.5. The molecule has 5 nitrogen and oxygen atoms in total. The maximum absolute atomic E-state index is 11.9. The first-order valence-electron chi connectivity index (χ1n) is 8.73. The van der Waals surface area contributed by atoms with Crippen LogP contribution in [0, 0.1) is 5.41 Å². The number of hydrogen-bond acceptors (Lipinski definition) is 4. The molecule has 0 saturated carbocycles. The minimum Gasteiger partial charge on any atom is -0.444 e. The van der Waals surface area contributed by atoms with E-state index in [1.807, 2.05) is 39.0 Å². The number of likely N-dealkylation sites (tertiary alicyclic amines) is 1. The molecule has 1 spiro atoms. The number of carbonyl (C=O) groups excluding carboxylic acids is 1. The van der Waals surface area contributed by atoms with Crippen LogP contribution in [0.2, 0.25) is 0 Å². The lowest BCUT2D eigenvalue weighted by Crippen LogP contribution is -2.28. The predicted molar refractivity (Wildman–Crippen MR) is 94.1 cm³/mol. The van der Waals surface area contributed by atoms with Crippen molar-refractivity contribution in [2.24, 2.45) is 5.41 Å². The third-order valence-corrected chi connectivity index (χ3v) is 4.68. The molecule has 5 heteroatoms. The van der Waals surface area contributed by atoms with E-state index in [9.17, 15) is 4.79 Å². The fraction of sp³-hybridized carbons (Fsp3) is 0.632. The average Bonchev–Trinajstić information content (AvgIpc) is 3.08. The summed E-state index contributed by atoms with van der Waals surface area (Å²) in [7, 11) is 0. The van der Waals surface area contributed by atoms with E-state index in [0.29, 0.717) is 5.41 Å². The molecule has 1 aromatic rings. The minimum absolute atomic E-state index is 0.381. The second-order valence-electron chi connectivity index (χ2n) is 8.09. The zero-order valence-electron chi connectivity index (χ0n) is 14.9. The Balaban J connectivity index is 1.56. The summed E-state index contributed by atoms with van der Waals surface area (Å²) in [4.78, 5) is 14.4. The number of hydrogen-bond donors (Lipinski definition) is 1. The highest BCUT2D eigenvalue weighted by Crippen LogP contribution is 2.38. The number of anilines is 1. The monoisotopic (exact) mass is 332 g/mol. The molecule has 2 aliphatic heterocycles. The molecular weight excluding hydrogens is 304 g/mol. The summed E-state index contributed by atoms with van der Waals surface area (Å²) in [6, 6.07) is 8.01. The lowest BCUT2D eigenvalue weighted by molar-refractivity contribution is 0.0636. The van der Waals surface area contributed by atoms with Crippen LogP contribution < -0.4 is 5.32 Å². The zero-order valence-corrected chi connectivity index (χ0v) is 14.9.